The third-order valence-corrected chi connectivity index (χ3v) is 4.65. The molecule has 1 aliphatic carbocycles. The third kappa shape index (κ3) is 3.43. The van der Waals surface area contributed by atoms with Crippen molar-refractivity contribution in [2.45, 2.75) is 76.5 Å². The van der Waals surface area contributed by atoms with Crippen LogP contribution in [0.1, 0.15) is 63.0 Å². The molecular weight excluding hydrogens is 268 g/mol. The van der Waals surface area contributed by atoms with Gasteiger partial charge in [-0.2, -0.15) is 0 Å². The van der Waals surface area contributed by atoms with E-state index in [1.54, 1.807) is 0 Å². The first-order chi connectivity index (χ1) is 10.2. The van der Waals surface area contributed by atoms with E-state index < -0.39 is 5.60 Å². The molecule has 0 spiro atoms. The van der Waals surface area contributed by atoms with Gasteiger partial charge in [0.1, 0.15) is 5.82 Å². The highest BCUT2D eigenvalue weighted by Crippen LogP contribution is 2.32. The van der Waals surface area contributed by atoms with E-state index in [1.165, 1.54) is 6.42 Å². The molecule has 1 aromatic rings. The summed E-state index contributed by atoms with van der Waals surface area (Å²) in [5, 5.41) is 21.6. The molecule has 0 bridgehead atoms. The SMILES string of the molecule is O=C(CC1(O)CCCC1)NCc1nnc2n1CCCCC2. The van der Waals surface area contributed by atoms with Crippen LogP contribution in [0.15, 0.2) is 0 Å². The number of amides is 1. The zero-order chi connectivity index (χ0) is 14.7. The van der Waals surface area contributed by atoms with E-state index in [0.717, 1.165) is 63.1 Å². The van der Waals surface area contributed by atoms with Gasteiger partial charge in [0.2, 0.25) is 5.91 Å². The number of nitrogens with zero attached hydrogens (tertiary/aromatic N) is 3. The number of fused-ring (bicyclic) bond motifs is 1. The van der Waals surface area contributed by atoms with Crippen LogP contribution in [-0.2, 0) is 24.3 Å². The van der Waals surface area contributed by atoms with Crippen molar-refractivity contribution < 1.29 is 9.90 Å². The normalized spacial score (nSPS) is 20.8. The van der Waals surface area contributed by atoms with Crippen LogP contribution in [0.4, 0.5) is 0 Å². The van der Waals surface area contributed by atoms with E-state index in [2.05, 4.69) is 20.1 Å². The molecule has 1 fully saturated rings. The van der Waals surface area contributed by atoms with Crippen molar-refractivity contribution in [2.24, 2.45) is 0 Å². The van der Waals surface area contributed by atoms with Gasteiger partial charge >= 0.3 is 0 Å². The summed E-state index contributed by atoms with van der Waals surface area (Å²) in [7, 11) is 0. The zero-order valence-corrected chi connectivity index (χ0v) is 12.5. The van der Waals surface area contributed by atoms with E-state index in [1.807, 2.05) is 0 Å². The molecule has 6 nitrogen and oxygen atoms in total. The number of hydrogen-bond donors (Lipinski definition) is 2. The van der Waals surface area contributed by atoms with Crippen LogP contribution in [0, 0.1) is 0 Å². The smallest absolute Gasteiger partial charge is 0.223 e. The lowest BCUT2D eigenvalue weighted by Gasteiger charge is -2.21. The van der Waals surface area contributed by atoms with Crippen LogP contribution in [0.25, 0.3) is 0 Å². The molecule has 1 amide bonds. The fourth-order valence-electron chi connectivity index (χ4n) is 3.42. The van der Waals surface area contributed by atoms with Crippen molar-refractivity contribution in [3.8, 4) is 0 Å². The van der Waals surface area contributed by atoms with Crippen molar-refractivity contribution in [1.29, 1.82) is 0 Å². The van der Waals surface area contributed by atoms with Gasteiger partial charge in [0.05, 0.1) is 18.6 Å². The van der Waals surface area contributed by atoms with Gasteiger partial charge in [-0.15, -0.1) is 10.2 Å². The molecule has 1 saturated carbocycles. The Bertz CT molecular complexity index is 506. The lowest BCUT2D eigenvalue weighted by Crippen LogP contribution is -2.34. The Labute approximate surface area is 124 Å². The minimum Gasteiger partial charge on any atom is -0.389 e. The van der Waals surface area contributed by atoms with Crippen LogP contribution in [0.5, 0.6) is 0 Å². The van der Waals surface area contributed by atoms with Crippen molar-refractivity contribution in [3.05, 3.63) is 11.6 Å². The summed E-state index contributed by atoms with van der Waals surface area (Å²) in [6.07, 6.45) is 8.21. The summed E-state index contributed by atoms with van der Waals surface area (Å²) in [5.74, 6) is 1.77. The zero-order valence-electron chi connectivity index (χ0n) is 12.5. The van der Waals surface area contributed by atoms with Gasteiger partial charge in [-0.05, 0) is 25.7 Å². The molecule has 0 aromatic carbocycles. The van der Waals surface area contributed by atoms with Gasteiger partial charge in [-0.1, -0.05) is 19.3 Å². The Hall–Kier alpha value is -1.43. The number of rotatable bonds is 4. The van der Waals surface area contributed by atoms with E-state index >= 15 is 0 Å². The van der Waals surface area contributed by atoms with Crippen LogP contribution < -0.4 is 5.32 Å². The molecule has 116 valence electrons. The second kappa shape index (κ2) is 6.13. The molecule has 0 unspecified atom stereocenters. The lowest BCUT2D eigenvalue weighted by molar-refractivity contribution is -0.126. The fourth-order valence-corrected chi connectivity index (χ4v) is 3.42. The van der Waals surface area contributed by atoms with Crippen molar-refractivity contribution in [1.82, 2.24) is 20.1 Å². The van der Waals surface area contributed by atoms with E-state index in [0.29, 0.717) is 6.54 Å². The van der Waals surface area contributed by atoms with Crippen molar-refractivity contribution >= 4 is 5.91 Å². The topological polar surface area (TPSA) is 80.0 Å². The first kappa shape index (κ1) is 14.5. The number of aliphatic hydroxyl groups is 1. The maximum atomic E-state index is 12.0. The van der Waals surface area contributed by atoms with Gasteiger partial charge < -0.3 is 15.0 Å². The van der Waals surface area contributed by atoms with Crippen LogP contribution in [-0.4, -0.2) is 31.4 Å². The van der Waals surface area contributed by atoms with Gasteiger partial charge in [-0.25, -0.2) is 0 Å². The van der Waals surface area contributed by atoms with Gasteiger partial charge in [-0.3, -0.25) is 4.79 Å². The molecule has 1 aliphatic heterocycles. The molecule has 21 heavy (non-hydrogen) atoms. The standard InChI is InChI=1S/C15H24N4O2/c20-14(10-15(21)7-3-4-8-15)16-11-13-18-17-12-6-2-1-5-9-19(12)13/h21H,1-11H2,(H,16,20). The number of carbonyl (C=O) groups excluding carboxylic acids is 1. The van der Waals surface area contributed by atoms with Gasteiger partial charge in [0, 0.05) is 13.0 Å². The molecule has 3 rings (SSSR count). The average molecular weight is 292 g/mol. The third-order valence-electron chi connectivity index (χ3n) is 4.65. The summed E-state index contributed by atoms with van der Waals surface area (Å²) in [6, 6.07) is 0. The summed E-state index contributed by atoms with van der Waals surface area (Å²) < 4.78 is 2.14. The number of aromatic nitrogens is 3. The second-order valence-electron chi connectivity index (χ2n) is 6.38. The monoisotopic (exact) mass is 292 g/mol. The molecule has 6 heteroatoms. The Morgan fingerprint density at radius 3 is 2.81 bits per heavy atom. The number of hydrogen-bond acceptors (Lipinski definition) is 4. The summed E-state index contributed by atoms with van der Waals surface area (Å²) >= 11 is 0. The van der Waals surface area contributed by atoms with Crippen molar-refractivity contribution in [3.63, 3.8) is 0 Å². The van der Waals surface area contributed by atoms with E-state index in [-0.39, 0.29) is 12.3 Å². The highest BCUT2D eigenvalue weighted by molar-refractivity contribution is 5.76. The molecule has 2 N–H and O–H groups in total. The first-order valence-electron chi connectivity index (χ1n) is 8.06. The predicted molar refractivity (Wildman–Crippen MR) is 77.5 cm³/mol. The van der Waals surface area contributed by atoms with Gasteiger partial charge in [0.15, 0.2) is 5.82 Å². The van der Waals surface area contributed by atoms with Gasteiger partial charge in [0.25, 0.3) is 0 Å². The fraction of sp³-hybridized carbons (Fsp3) is 0.800. The predicted octanol–water partition coefficient (Wildman–Crippen LogP) is 1.32. The lowest BCUT2D eigenvalue weighted by atomic mass is 9.98. The maximum Gasteiger partial charge on any atom is 0.223 e. The summed E-state index contributed by atoms with van der Waals surface area (Å²) in [5.41, 5.74) is -0.786. The summed E-state index contributed by atoms with van der Waals surface area (Å²) in [4.78, 5) is 12.0. The molecule has 2 heterocycles. The maximum absolute atomic E-state index is 12.0. The molecule has 2 aliphatic rings. The number of aryl methyl sites for hydroxylation is 1. The van der Waals surface area contributed by atoms with Crippen LogP contribution in [0.2, 0.25) is 0 Å². The Morgan fingerprint density at radius 1 is 1.19 bits per heavy atom. The van der Waals surface area contributed by atoms with Crippen LogP contribution >= 0.6 is 0 Å². The van der Waals surface area contributed by atoms with E-state index in [4.69, 9.17) is 0 Å². The number of nitrogens with one attached hydrogen (secondary N) is 1. The largest absolute Gasteiger partial charge is 0.389 e. The summed E-state index contributed by atoms with van der Waals surface area (Å²) in [6.45, 7) is 1.35. The Morgan fingerprint density at radius 2 is 2.00 bits per heavy atom. The first-order valence-corrected chi connectivity index (χ1v) is 8.06. The highest BCUT2D eigenvalue weighted by atomic mass is 16.3. The molecule has 0 radical (unpaired) electrons. The minimum absolute atomic E-state index is 0.0922. The number of carbonyl (C=O) groups is 1. The molecular formula is C15H24N4O2. The van der Waals surface area contributed by atoms with Crippen molar-refractivity contribution in [2.75, 3.05) is 0 Å². The Balaban J connectivity index is 1.55. The highest BCUT2D eigenvalue weighted by Gasteiger charge is 2.33. The molecule has 0 atom stereocenters. The quantitative estimate of drug-likeness (QED) is 0.877. The molecule has 1 aromatic heterocycles. The second-order valence-corrected chi connectivity index (χ2v) is 6.38. The minimum atomic E-state index is -0.786. The van der Waals surface area contributed by atoms with E-state index in [9.17, 15) is 9.90 Å². The average Bonchev–Trinajstić information content (AvgIpc) is 2.96. The molecule has 0 saturated heterocycles. The van der Waals surface area contributed by atoms with Crippen LogP contribution in [0.3, 0.4) is 0 Å². The Kier molecular flexibility index (Phi) is 4.24.